The zero-order chi connectivity index (χ0) is 11.6. The Labute approximate surface area is 95.9 Å². The Balaban J connectivity index is 2.05. The zero-order valence-corrected chi connectivity index (χ0v) is 9.78. The lowest BCUT2D eigenvalue weighted by molar-refractivity contribution is -0.141. The average molecular weight is 228 g/mol. The molecular weight excluding hydrogens is 208 g/mol. The smallest absolute Gasteiger partial charge is 0.232 e. The number of nitrogens with zero attached hydrogens (tertiary/aromatic N) is 1. The van der Waals surface area contributed by atoms with Crippen molar-refractivity contribution < 1.29 is 14.3 Å². The van der Waals surface area contributed by atoms with Crippen LogP contribution in [0, 0.1) is 5.41 Å². The summed E-state index contributed by atoms with van der Waals surface area (Å²) in [5, 5.41) is 0. The van der Waals surface area contributed by atoms with Gasteiger partial charge in [-0.1, -0.05) is 0 Å². The molecule has 0 spiro atoms. The molecule has 0 saturated carbocycles. The van der Waals surface area contributed by atoms with E-state index in [0.717, 1.165) is 19.6 Å². The van der Waals surface area contributed by atoms with Crippen LogP contribution in [0.4, 0.5) is 0 Å². The molecule has 2 fully saturated rings. The predicted molar refractivity (Wildman–Crippen MR) is 58.9 cm³/mol. The molecule has 0 aromatic carbocycles. The average Bonchev–Trinajstić information content (AvgIpc) is 2.53. The Morgan fingerprint density at radius 2 is 2.19 bits per heavy atom. The Kier molecular flexibility index (Phi) is 3.47. The second kappa shape index (κ2) is 4.69. The number of carbonyl (C=O) groups excluding carboxylic acids is 1. The second-order valence-corrected chi connectivity index (χ2v) is 4.80. The molecular formula is C11H20N2O3. The van der Waals surface area contributed by atoms with E-state index in [-0.39, 0.29) is 11.9 Å². The summed E-state index contributed by atoms with van der Waals surface area (Å²) in [6.45, 7) is 5.61. The molecule has 0 radical (unpaired) electrons. The molecule has 2 unspecified atom stereocenters. The largest absolute Gasteiger partial charge is 0.380 e. The molecule has 0 aromatic heterocycles. The van der Waals surface area contributed by atoms with E-state index in [2.05, 4.69) is 0 Å². The third-order valence-electron chi connectivity index (χ3n) is 3.52. The number of ether oxygens (including phenoxy) is 2. The van der Waals surface area contributed by atoms with Gasteiger partial charge in [0.25, 0.3) is 0 Å². The summed E-state index contributed by atoms with van der Waals surface area (Å²) in [6, 6.07) is -0.191. The van der Waals surface area contributed by atoms with Gasteiger partial charge in [0.05, 0.1) is 25.2 Å². The van der Waals surface area contributed by atoms with Gasteiger partial charge >= 0.3 is 0 Å². The van der Waals surface area contributed by atoms with Crippen LogP contribution in [-0.4, -0.2) is 56.4 Å². The third-order valence-corrected chi connectivity index (χ3v) is 3.52. The van der Waals surface area contributed by atoms with Gasteiger partial charge in [0.15, 0.2) is 0 Å². The first-order valence-electron chi connectivity index (χ1n) is 5.85. The summed E-state index contributed by atoms with van der Waals surface area (Å²) in [5.41, 5.74) is 5.40. The van der Waals surface area contributed by atoms with E-state index in [1.807, 2.05) is 11.8 Å². The molecule has 2 saturated heterocycles. The van der Waals surface area contributed by atoms with E-state index in [0.29, 0.717) is 26.4 Å². The molecule has 5 nitrogen and oxygen atoms in total. The Morgan fingerprint density at radius 3 is 2.88 bits per heavy atom. The normalized spacial score (nSPS) is 36.1. The van der Waals surface area contributed by atoms with Crippen molar-refractivity contribution in [1.29, 1.82) is 0 Å². The number of carbonyl (C=O) groups is 1. The monoisotopic (exact) mass is 228 g/mol. The van der Waals surface area contributed by atoms with Crippen LogP contribution in [0.5, 0.6) is 0 Å². The van der Waals surface area contributed by atoms with Crippen LogP contribution in [0.1, 0.15) is 13.3 Å². The van der Waals surface area contributed by atoms with Gasteiger partial charge in [0, 0.05) is 25.7 Å². The molecule has 2 aliphatic heterocycles. The maximum atomic E-state index is 12.4. The van der Waals surface area contributed by atoms with Crippen molar-refractivity contribution in [3.05, 3.63) is 0 Å². The molecule has 0 bridgehead atoms. The standard InChI is InChI=1S/C11H20N2O3/c1-11(8-16-7-9(11)12)10(14)13-3-2-5-15-6-4-13/h9H,2-8,12H2,1H3. The van der Waals surface area contributed by atoms with Crippen LogP contribution < -0.4 is 5.73 Å². The molecule has 2 aliphatic rings. The van der Waals surface area contributed by atoms with Gasteiger partial charge in [0.2, 0.25) is 5.91 Å². The molecule has 5 heteroatoms. The molecule has 2 N–H and O–H groups in total. The Hall–Kier alpha value is -0.650. The van der Waals surface area contributed by atoms with Gasteiger partial charge in [-0.05, 0) is 13.3 Å². The number of rotatable bonds is 1. The van der Waals surface area contributed by atoms with E-state index in [1.165, 1.54) is 0 Å². The summed E-state index contributed by atoms with van der Waals surface area (Å²) >= 11 is 0. The number of amides is 1. The fraction of sp³-hybridized carbons (Fsp3) is 0.909. The SMILES string of the molecule is CC1(C(=O)N2CCCOCC2)COCC1N. The van der Waals surface area contributed by atoms with Gasteiger partial charge in [-0.15, -0.1) is 0 Å². The van der Waals surface area contributed by atoms with Gasteiger partial charge in [0.1, 0.15) is 0 Å². The van der Waals surface area contributed by atoms with Gasteiger partial charge in [-0.25, -0.2) is 0 Å². The maximum absolute atomic E-state index is 12.4. The highest BCUT2D eigenvalue weighted by Crippen LogP contribution is 2.29. The van der Waals surface area contributed by atoms with Gasteiger partial charge in [-0.3, -0.25) is 4.79 Å². The van der Waals surface area contributed by atoms with Crippen molar-refractivity contribution in [3.8, 4) is 0 Å². The minimum absolute atomic E-state index is 0.114. The van der Waals surface area contributed by atoms with Gasteiger partial charge in [-0.2, -0.15) is 0 Å². The first-order valence-corrected chi connectivity index (χ1v) is 5.85. The Morgan fingerprint density at radius 1 is 1.38 bits per heavy atom. The van der Waals surface area contributed by atoms with E-state index < -0.39 is 5.41 Å². The van der Waals surface area contributed by atoms with Gasteiger partial charge < -0.3 is 20.1 Å². The molecule has 2 atom stereocenters. The maximum Gasteiger partial charge on any atom is 0.232 e. The summed E-state index contributed by atoms with van der Waals surface area (Å²) in [6.07, 6.45) is 0.901. The van der Waals surface area contributed by atoms with Crippen molar-refractivity contribution in [3.63, 3.8) is 0 Å². The van der Waals surface area contributed by atoms with Crippen molar-refractivity contribution >= 4 is 5.91 Å². The molecule has 2 heterocycles. The predicted octanol–water partition coefficient (Wildman–Crippen LogP) is -0.401. The molecule has 0 aromatic rings. The lowest BCUT2D eigenvalue weighted by Crippen LogP contribution is -2.52. The van der Waals surface area contributed by atoms with Crippen LogP contribution in [-0.2, 0) is 14.3 Å². The highest BCUT2D eigenvalue weighted by molar-refractivity contribution is 5.83. The van der Waals surface area contributed by atoms with E-state index in [4.69, 9.17) is 15.2 Å². The van der Waals surface area contributed by atoms with E-state index in [1.54, 1.807) is 0 Å². The number of hydrogen-bond acceptors (Lipinski definition) is 4. The lowest BCUT2D eigenvalue weighted by atomic mass is 9.84. The lowest BCUT2D eigenvalue weighted by Gasteiger charge is -2.32. The molecule has 16 heavy (non-hydrogen) atoms. The highest BCUT2D eigenvalue weighted by Gasteiger charge is 2.46. The highest BCUT2D eigenvalue weighted by atomic mass is 16.5. The zero-order valence-electron chi connectivity index (χ0n) is 9.78. The van der Waals surface area contributed by atoms with E-state index in [9.17, 15) is 4.79 Å². The molecule has 92 valence electrons. The van der Waals surface area contributed by atoms with Crippen LogP contribution in [0.25, 0.3) is 0 Å². The second-order valence-electron chi connectivity index (χ2n) is 4.80. The van der Waals surface area contributed by atoms with Crippen LogP contribution >= 0.6 is 0 Å². The fourth-order valence-electron chi connectivity index (χ4n) is 2.22. The minimum atomic E-state index is -0.551. The third kappa shape index (κ3) is 2.07. The summed E-state index contributed by atoms with van der Waals surface area (Å²) in [5.74, 6) is 0.114. The van der Waals surface area contributed by atoms with Crippen LogP contribution in [0.3, 0.4) is 0 Å². The minimum Gasteiger partial charge on any atom is -0.380 e. The van der Waals surface area contributed by atoms with Crippen molar-refractivity contribution in [2.24, 2.45) is 11.1 Å². The Bertz CT molecular complexity index is 264. The number of nitrogens with two attached hydrogens (primary N) is 1. The van der Waals surface area contributed by atoms with Crippen LogP contribution in [0.15, 0.2) is 0 Å². The quantitative estimate of drug-likeness (QED) is 0.663. The first-order chi connectivity index (χ1) is 7.64. The molecule has 1 amide bonds. The summed E-state index contributed by atoms with van der Waals surface area (Å²) in [7, 11) is 0. The first kappa shape index (κ1) is 11.8. The summed E-state index contributed by atoms with van der Waals surface area (Å²) < 4.78 is 10.7. The van der Waals surface area contributed by atoms with Crippen LogP contribution in [0.2, 0.25) is 0 Å². The number of hydrogen-bond donors (Lipinski definition) is 1. The topological polar surface area (TPSA) is 64.8 Å². The van der Waals surface area contributed by atoms with E-state index >= 15 is 0 Å². The van der Waals surface area contributed by atoms with Crippen molar-refractivity contribution in [2.75, 3.05) is 39.5 Å². The summed E-state index contributed by atoms with van der Waals surface area (Å²) in [4.78, 5) is 14.3. The van der Waals surface area contributed by atoms with Crippen molar-refractivity contribution in [2.45, 2.75) is 19.4 Å². The molecule has 0 aliphatic carbocycles. The fourth-order valence-corrected chi connectivity index (χ4v) is 2.22. The van der Waals surface area contributed by atoms with Crippen molar-refractivity contribution in [1.82, 2.24) is 4.90 Å². The molecule has 2 rings (SSSR count).